The summed E-state index contributed by atoms with van der Waals surface area (Å²) in [6, 6.07) is 33.7. The Balaban J connectivity index is 1.43. The van der Waals surface area contributed by atoms with E-state index in [0.29, 0.717) is 11.1 Å². The lowest BCUT2D eigenvalue weighted by Crippen LogP contribution is -2.52. The molecule has 5 aromatic rings. The van der Waals surface area contributed by atoms with Crippen LogP contribution >= 0.6 is 0 Å². The lowest BCUT2D eigenvalue weighted by Gasteiger charge is -2.33. The number of hydrogen-bond donors (Lipinski definition) is 1. The summed E-state index contributed by atoms with van der Waals surface area (Å²) in [7, 11) is 0. The molecule has 0 bridgehead atoms. The number of nitrogens with one attached hydrogen (secondary N) is 1. The molecule has 0 unspecified atom stereocenters. The van der Waals surface area contributed by atoms with E-state index in [1.807, 2.05) is 86.2 Å². The van der Waals surface area contributed by atoms with Crippen molar-refractivity contribution in [3.05, 3.63) is 132 Å². The second kappa shape index (κ2) is 12.4. The maximum absolute atomic E-state index is 13.7. The van der Waals surface area contributed by atoms with Crippen LogP contribution in [0.5, 0.6) is 0 Å². The van der Waals surface area contributed by atoms with Gasteiger partial charge in [0.1, 0.15) is 5.60 Å². The van der Waals surface area contributed by atoms with Gasteiger partial charge in [0, 0.05) is 22.9 Å². The molecule has 236 valence electrons. The number of esters is 1. The Labute approximate surface area is 272 Å². The number of carbonyl (C=O) groups excluding carboxylic acids is 2. The zero-order valence-corrected chi connectivity index (χ0v) is 28.0. The number of ether oxygens (including phenoxy) is 1. The molecule has 1 aromatic heterocycles. The fraction of sp³-hybridized carbons (Fsp3) is 0.275. The molecule has 6 heteroatoms. The van der Waals surface area contributed by atoms with Crippen LogP contribution in [0.25, 0.3) is 28.1 Å². The largest absolute Gasteiger partial charge is 0.458 e. The van der Waals surface area contributed by atoms with E-state index in [0.717, 1.165) is 33.6 Å². The van der Waals surface area contributed by atoms with E-state index in [-0.39, 0.29) is 11.3 Å². The summed E-state index contributed by atoms with van der Waals surface area (Å²) in [5, 5.41) is 7.88. The molecule has 1 heterocycles. The van der Waals surface area contributed by atoms with E-state index in [2.05, 4.69) is 69.4 Å². The molecular formula is C40H43N3O3. The van der Waals surface area contributed by atoms with Crippen molar-refractivity contribution in [3.8, 4) is 28.1 Å². The summed E-state index contributed by atoms with van der Waals surface area (Å²) < 4.78 is 7.69. The molecule has 46 heavy (non-hydrogen) atoms. The third-order valence-electron chi connectivity index (χ3n) is 8.04. The molecule has 0 aliphatic heterocycles. The van der Waals surface area contributed by atoms with Crippen LogP contribution in [0.15, 0.2) is 109 Å². The molecule has 0 fully saturated rings. The number of nitrogens with zero attached hydrogens (tertiary/aromatic N) is 2. The highest BCUT2D eigenvalue weighted by Crippen LogP contribution is 2.31. The second-order valence-electron chi connectivity index (χ2n) is 14.0. The molecule has 0 aliphatic rings. The molecule has 0 spiro atoms. The van der Waals surface area contributed by atoms with Crippen LogP contribution in [-0.2, 0) is 20.5 Å². The Bertz CT molecular complexity index is 1840. The van der Waals surface area contributed by atoms with Crippen LogP contribution in [-0.4, -0.2) is 27.3 Å². The topological polar surface area (TPSA) is 73.2 Å². The highest BCUT2D eigenvalue weighted by atomic mass is 16.6. The number of hydrogen-bond acceptors (Lipinski definition) is 4. The molecule has 0 radical (unpaired) electrons. The van der Waals surface area contributed by atoms with Gasteiger partial charge in [0.15, 0.2) is 5.54 Å². The van der Waals surface area contributed by atoms with Gasteiger partial charge in [-0.3, -0.25) is 4.79 Å². The molecule has 0 aliphatic carbocycles. The Hall–Kier alpha value is -4.97. The van der Waals surface area contributed by atoms with E-state index in [1.165, 1.54) is 5.56 Å². The summed E-state index contributed by atoms with van der Waals surface area (Å²) in [5.41, 5.74) is 6.05. The van der Waals surface area contributed by atoms with Gasteiger partial charge in [-0.1, -0.05) is 105 Å². The van der Waals surface area contributed by atoms with Gasteiger partial charge >= 0.3 is 5.97 Å². The molecular weight excluding hydrogens is 570 g/mol. The van der Waals surface area contributed by atoms with Crippen molar-refractivity contribution >= 4 is 11.9 Å². The predicted octanol–water partition coefficient (Wildman–Crippen LogP) is 8.80. The Morgan fingerprint density at radius 3 is 1.89 bits per heavy atom. The number of carbonyl (C=O) groups is 2. The van der Waals surface area contributed by atoms with Crippen molar-refractivity contribution in [2.24, 2.45) is 0 Å². The van der Waals surface area contributed by atoms with Crippen LogP contribution < -0.4 is 5.32 Å². The molecule has 4 aromatic carbocycles. The minimum Gasteiger partial charge on any atom is -0.458 e. The van der Waals surface area contributed by atoms with Crippen LogP contribution in [0.3, 0.4) is 0 Å². The lowest BCUT2D eigenvalue weighted by molar-refractivity contribution is -0.162. The Morgan fingerprint density at radius 2 is 1.28 bits per heavy atom. The first kappa shape index (κ1) is 32.4. The molecule has 1 amide bonds. The third kappa shape index (κ3) is 7.12. The first-order valence-corrected chi connectivity index (χ1v) is 15.6. The van der Waals surface area contributed by atoms with Gasteiger partial charge in [0.25, 0.3) is 5.91 Å². The van der Waals surface area contributed by atoms with Gasteiger partial charge in [0.2, 0.25) is 0 Å². The van der Waals surface area contributed by atoms with Gasteiger partial charge in [-0.05, 0) is 81.0 Å². The minimum atomic E-state index is -1.43. The molecule has 5 rings (SSSR count). The van der Waals surface area contributed by atoms with Crippen molar-refractivity contribution in [3.63, 3.8) is 0 Å². The number of aryl methyl sites for hydroxylation is 1. The van der Waals surface area contributed by atoms with Crippen molar-refractivity contribution in [1.82, 2.24) is 15.1 Å². The van der Waals surface area contributed by atoms with Gasteiger partial charge in [-0.15, -0.1) is 0 Å². The van der Waals surface area contributed by atoms with Gasteiger partial charge in [-0.25, -0.2) is 9.48 Å². The molecule has 0 saturated heterocycles. The van der Waals surface area contributed by atoms with Gasteiger partial charge in [-0.2, -0.15) is 5.10 Å². The number of rotatable bonds is 7. The van der Waals surface area contributed by atoms with Crippen LogP contribution in [0.4, 0.5) is 0 Å². The minimum absolute atomic E-state index is 0.0396. The number of para-hydroxylation sites is 1. The number of benzene rings is 4. The summed E-state index contributed by atoms with van der Waals surface area (Å²) in [6.45, 7) is 15.6. The average molecular weight is 614 g/mol. The first-order chi connectivity index (χ1) is 21.6. The standard InChI is InChI=1S/C40H43N3O3/c1-27-13-15-28(16-14-27)33-11-9-10-12-35(33)43-26-25-34(42-43)29-17-23-32(24-18-29)40(8,37(45)46-39(5,6)7)41-36(44)30-19-21-31(22-20-30)38(2,3)4/h9-26H,1-8H3,(H,41,44)/t40-/m0/s1. The van der Waals surface area contributed by atoms with E-state index < -0.39 is 17.1 Å². The van der Waals surface area contributed by atoms with E-state index in [1.54, 1.807) is 19.1 Å². The van der Waals surface area contributed by atoms with Crippen molar-refractivity contribution < 1.29 is 14.3 Å². The molecule has 1 N–H and O–H groups in total. The predicted molar refractivity (Wildman–Crippen MR) is 185 cm³/mol. The molecule has 0 saturated carbocycles. The maximum Gasteiger partial charge on any atom is 0.336 e. The SMILES string of the molecule is Cc1ccc(-c2ccccc2-n2ccc(-c3ccc([C@](C)(NC(=O)c4ccc(C(C)(C)C)cc4)C(=O)OC(C)(C)C)cc3)n2)cc1. The van der Waals surface area contributed by atoms with Crippen molar-refractivity contribution in [1.29, 1.82) is 0 Å². The van der Waals surface area contributed by atoms with Gasteiger partial charge in [0.05, 0.1) is 11.4 Å². The third-order valence-corrected chi connectivity index (χ3v) is 8.04. The van der Waals surface area contributed by atoms with Crippen molar-refractivity contribution in [2.45, 2.75) is 71.9 Å². The summed E-state index contributed by atoms with van der Waals surface area (Å²) >= 11 is 0. The normalized spacial score (nSPS) is 13.1. The first-order valence-electron chi connectivity index (χ1n) is 15.6. The van der Waals surface area contributed by atoms with E-state index in [9.17, 15) is 9.59 Å². The fourth-order valence-corrected chi connectivity index (χ4v) is 5.28. The maximum atomic E-state index is 13.7. The summed E-state index contributed by atoms with van der Waals surface area (Å²) in [4.78, 5) is 27.2. The number of amides is 1. The van der Waals surface area contributed by atoms with Crippen LogP contribution in [0.1, 0.15) is 75.5 Å². The Kier molecular flexibility index (Phi) is 8.76. The molecule has 1 atom stereocenters. The van der Waals surface area contributed by atoms with Gasteiger partial charge < -0.3 is 10.1 Å². The second-order valence-corrected chi connectivity index (χ2v) is 14.0. The lowest BCUT2D eigenvalue weighted by atomic mass is 9.86. The average Bonchev–Trinajstić information content (AvgIpc) is 3.51. The van der Waals surface area contributed by atoms with Crippen LogP contribution in [0.2, 0.25) is 0 Å². The zero-order chi connectivity index (χ0) is 33.3. The quantitative estimate of drug-likeness (QED) is 0.186. The monoisotopic (exact) mass is 613 g/mol. The smallest absolute Gasteiger partial charge is 0.336 e. The van der Waals surface area contributed by atoms with E-state index in [4.69, 9.17) is 9.84 Å². The highest BCUT2D eigenvalue weighted by molar-refractivity contribution is 5.98. The van der Waals surface area contributed by atoms with Crippen LogP contribution in [0, 0.1) is 6.92 Å². The zero-order valence-electron chi connectivity index (χ0n) is 28.0. The summed E-state index contributed by atoms with van der Waals surface area (Å²) in [5.74, 6) is -0.895. The molecule has 6 nitrogen and oxygen atoms in total. The van der Waals surface area contributed by atoms with Crippen molar-refractivity contribution in [2.75, 3.05) is 0 Å². The fourth-order valence-electron chi connectivity index (χ4n) is 5.28. The highest BCUT2D eigenvalue weighted by Gasteiger charge is 2.40. The number of aromatic nitrogens is 2. The van der Waals surface area contributed by atoms with E-state index >= 15 is 0 Å². The Morgan fingerprint density at radius 1 is 0.696 bits per heavy atom. The summed E-state index contributed by atoms with van der Waals surface area (Å²) in [6.07, 6.45) is 1.95.